The molecule has 7 heteroatoms. The molecule has 0 aliphatic heterocycles. The van der Waals surface area contributed by atoms with E-state index in [4.69, 9.17) is 10.2 Å². The van der Waals surface area contributed by atoms with E-state index in [2.05, 4.69) is 25.9 Å². The zero-order valence-electron chi connectivity index (χ0n) is 8.93. The highest BCUT2D eigenvalue weighted by atomic mass is 32.1. The highest BCUT2D eigenvalue weighted by molar-refractivity contribution is 7.09. The van der Waals surface area contributed by atoms with Gasteiger partial charge in [0.1, 0.15) is 0 Å². The molecule has 0 atom stereocenters. The SMILES string of the molecule is Cc1nc(CCNc2nnc(CN)o2)cs1. The van der Waals surface area contributed by atoms with Crippen LogP contribution in [-0.4, -0.2) is 21.7 Å². The Balaban J connectivity index is 1.79. The molecule has 2 aromatic rings. The second kappa shape index (κ2) is 5.04. The Kier molecular flexibility index (Phi) is 3.47. The molecular weight excluding hydrogens is 226 g/mol. The van der Waals surface area contributed by atoms with Crippen molar-refractivity contribution in [3.63, 3.8) is 0 Å². The van der Waals surface area contributed by atoms with Gasteiger partial charge in [0.25, 0.3) is 0 Å². The van der Waals surface area contributed by atoms with Crippen molar-refractivity contribution in [2.75, 3.05) is 11.9 Å². The Bertz CT molecular complexity index is 452. The molecule has 3 N–H and O–H groups in total. The van der Waals surface area contributed by atoms with Gasteiger partial charge in [-0.15, -0.1) is 16.4 Å². The van der Waals surface area contributed by atoms with Crippen molar-refractivity contribution in [2.24, 2.45) is 5.73 Å². The van der Waals surface area contributed by atoms with E-state index < -0.39 is 0 Å². The quantitative estimate of drug-likeness (QED) is 0.807. The molecule has 0 bridgehead atoms. The maximum Gasteiger partial charge on any atom is 0.315 e. The standard InChI is InChI=1S/C9H13N5OS/c1-6-12-7(5-16-6)2-3-11-9-14-13-8(4-10)15-9/h5H,2-4,10H2,1H3,(H,11,14). The van der Waals surface area contributed by atoms with Crippen LogP contribution in [0.3, 0.4) is 0 Å². The fourth-order valence-corrected chi connectivity index (χ4v) is 1.88. The summed E-state index contributed by atoms with van der Waals surface area (Å²) in [6, 6.07) is 0.410. The molecule has 0 radical (unpaired) electrons. The fourth-order valence-electron chi connectivity index (χ4n) is 1.23. The van der Waals surface area contributed by atoms with Crippen molar-refractivity contribution >= 4 is 17.4 Å². The topological polar surface area (TPSA) is 89.9 Å². The number of hydrogen-bond acceptors (Lipinski definition) is 7. The number of hydrogen-bond donors (Lipinski definition) is 2. The molecule has 0 spiro atoms. The molecule has 2 rings (SSSR count). The van der Waals surface area contributed by atoms with Crippen LogP contribution in [0.5, 0.6) is 0 Å². The summed E-state index contributed by atoms with van der Waals surface area (Å²) in [6.07, 6.45) is 0.838. The summed E-state index contributed by atoms with van der Waals surface area (Å²) in [4.78, 5) is 4.36. The highest BCUT2D eigenvalue weighted by Gasteiger charge is 2.03. The van der Waals surface area contributed by atoms with Crippen LogP contribution in [0.1, 0.15) is 16.6 Å². The van der Waals surface area contributed by atoms with Crippen molar-refractivity contribution < 1.29 is 4.42 Å². The van der Waals surface area contributed by atoms with Crippen LogP contribution in [0.4, 0.5) is 6.01 Å². The average Bonchev–Trinajstić information content (AvgIpc) is 2.88. The first-order chi connectivity index (χ1) is 7.78. The first-order valence-corrected chi connectivity index (χ1v) is 5.83. The molecular formula is C9H13N5OS. The van der Waals surface area contributed by atoms with Crippen molar-refractivity contribution in [1.29, 1.82) is 0 Å². The van der Waals surface area contributed by atoms with Gasteiger partial charge in [-0.2, -0.15) is 0 Å². The number of aromatic nitrogens is 3. The van der Waals surface area contributed by atoms with Gasteiger partial charge in [-0.25, -0.2) is 4.98 Å². The van der Waals surface area contributed by atoms with Gasteiger partial charge in [-0.05, 0) is 6.92 Å². The van der Waals surface area contributed by atoms with Crippen LogP contribution in [0.2, 0.25) is 0 Å². The minimum absolute atomic E-state index is 0.264. The monoisotopic (exact) mass is 239 g/mol. The normalized spacial score (nSPS) is 10.6. The zero-order chi connectivity index (χ0) is 11.4. The maximum absolute atomic E-state index is 5.35. The molecule has 6 nitrogen and oxygen atoms in total. The molecule has 0 aliphatic carbocycles. The molecule has 2 aromatic heterocycles. The number of anilines is 1. The van der Waals surface area contributed by atoms with E-state index in [1.165, 1.54) is 0 Å². The van der Waals surface area contributed by atoms with Crippen LogP contribution in [-0.2, 0) is 13.0 Å². The van der Waals surface area contributed by atoms with Crippen LogP contribution in [0, 0.1) is 6.92 Å². The van der Waals surface area contributed by atoms with Crippen molar-refractivity contribution in [3.8, 4) is 0 Å². The zero-order valence-corrected chi connectivity index (χ0v) is 9.75. The van der Waals surface area contributed by atoms with Gasteiger partial charge in [-0.3, -0.25) is 0 Å². The molecule has 0 saturated heterocycles. The van der Waals surface area contributed by atoms with E-state index in [-0.39, 0.29) is 6.54 Å². The Hall–Kier alpha value is -1.47. The maximum atomic E-state index is 5.35. The molecule has 0 amide bonds. The van der Waals surface area contributed by atoms with Crippen molar-refractivity contribution in [3.05, 3.63) is 22.0 Å². The second-order valence-corrected chi connectivity index (χ2v) is 4.30. The van der Waals surface area contributed by atoms with E-state index in [1.54, 1.807) is 11.3 Å². The Morgan fingerprint density at radius 2 is 2.38 bits per heavy atom. The predicted octanol–water partition coefficient (Wildman–Crippen LogP) is 0.948. The first-order valence-electron chi connectivity index (χ1n) is 4.95. The molecule has 0 aromatic carbocycles. The predicted molar refractivity (Wildman–Crippen MR) is 61.2 cm³/mol. The van der Waals surface area contributed by atoms with Crippen molar-refractivity contribution in [2.45, 2.75) is 19.9 Å². The summed E-state index contributed by atoms with van der Waals surface area (Å²) < 4.78 is 5.20. The summed E-state index contributed by atoms with van der Waals surface area (Å²) in [6.45, 7) is 2.97. The van der Waals surface area contributed by atoms with E-state index in [0.717, 1.165) is 23.7 Å². The van der Waals surface area contributed by atoms with Gasteiger partial charge >= 0.3 is 6.01 Å². The van der Waals surface area contributed by atoms with Crippen LogP contribution < -0.4 is 11.1 Å². The average molecular weight is 239 g/mol. The lowest BCUT2D eigenvalue weighted by Gasteiger charge is -1.97. The lowest BCUT2D eigenvalue weighted by atomic mass is 10.3. The number of nitrogens with two attached hydrogens (primary N) is 1. The second-order valence-electron chi connectivity index (χ2n) is 3.24. The largest absolute Gasteiger partial charge is 0.407 e. The number of aryl methyl sites for hydroxylation is 1. The molecule has 86 valence electrons. The van der Waals surface area contributed by atoms with Gasteiger partial charge in [0.15, 0.2) is 0 Å². The highest BCUT2D eigenvalue weighted by Crippen LogP contribution is 2.09. The molecule has 0 saturated carbocycles. The lowest BCUT2D eigenvalue weighted by Crippen LogP contribution is -2.05. The summed E-state index contributed by atoms with van der Waals surface area (Å²) in [5, 5.41) is 13.7. The summed E-state index contributed by atoms with van der Waals surface area (Å²) >= 11 is 1.65. The molecule has 2 heterocycles. The van der Waals surface area contributed by atoms with Gasteiger partial charge in [0.05, 0.1) is 17.2 Å². The Morgan fingerprint density at radius 3 is 3.00 bits per heavy atom. The minimum atomic E-state index is 0.264. The number of rotatable bonds is 5. The van der Waals surface area contributed by atoms with E-state index >= 15 is 0 Å². The van der Waals surface area contributed by atoms with Crippen LogP contribution in [0.25, 0.3) is 0 Å². The van der Waals surface area contributed by atoms with E-state index in [1.807, 2.05) is 6.92 Å². The Morgan fingerprint density at radius 1 is 1.50 bits per heavy atom. The van der Waals surface area contributed by atoms with Crippen LogP contribution in [0.15, 0.2) is 9.80 Å². The molecule has 0 unspecified atom stereocenters. The van der Waals surface area contributed by atoms with Crippen molar-refractivity contribution in [1.82, 2.24) is 15.2 Å². The molecule has 16 heavy (non-hydrogen) atoms. The molecule has 0 aliphatic rings. The number of thiazole rings is 1. The minimum Gasteiger partial charge on any atom is -0.407 e. The smallest absolute Gasteiger partial charge is 0.315 e. The lowest BCUT2D eigenvalue weighted by molar-refractivity contribution is 0.507. The summed E-state index contributed by atoms with van der Waals surface area (Å²) in [5.74, 6) is 0.437. The van der Waals surface area contributed by atoms with Gasteiger partial charge in [-0.1, -0.05) is 5.10 Å². The van der Waals surface area contributed by atoms with Gasteiger partial charge < -0.3 is 15.5 Å². The summed E-state index contributed by atoms with van der Waals surface area (Å²) in [5.41, 5.74) is 6.43. The number of nitrogens with one attached hydrogen (secondary N) is 1. The van der Waals surface area contributed by atoms with E-state index in [0.29, 0.717) is 11.9 Å². The Labute approximate surface area is 96.9 Å². The molecule has 0 fully saturated rings. The summed E-state index contributed by atoms with van der Waals surface area (Å²) in [7, 11) is 0. The third kappa shape index (κ3) is 2.77. The third-order valence-electron chi connectivity index (χ3n) is 1.97. The fraction of sp³-hybridized carbons (Fsp3) is 0.444. The first kappa shape index (κ1) is 11.0. The third-order valence-corrected chi connectivity index (χ3v) is 2.79. The van der Waals surface area contributed by atoms with E-state index in [9.17, 15) is 0 Å². The van der Waals surface area contributed by atoms with Gasteiger partial charge in [0.2, 0.25) is 5.89 Å². The van der Waals surface area contributed by atoms with Crippen LogP contribution >= 0.6 is 11.3 Å². The number of nitrogens with zero attached hydrogens (tertiary/aromatic N) is 3. The van der Waals surface area contributed by atoms with Gasteiger partial charge in [0, 0.05) is 18.3 Å².